The fourth-order valence-corrected chi connectivity index (χ4v) is 5.16. The molecule has 1 aliphatic heterocycles. The fourth-order valence-electron chi connectivity index (χ4n) is 5.16. The Balaban J connectivity index is 1.44. The first-order chi connectivity index (χ1) is 15.3. The normalized spacial score (nSPS) is 28.6. The molecule has 0 aromatic carbocycles. The van der Waals surface area contributed by atoms with Crippen LogP contribution in [0.1, 0.15) is 57.2 Å². The Kier molecular flexibility index (Phi) is 4.83. The number of hydrogen-bond donors (Lipinski definition) is 3. The van der Waals surface area contributed by atoms with Gasteiger partial charge in [0, 0.05) is 56.6 Å². The Bertz CT molecular complexity index is 1130. The summed E-state index contributed by atoms with van der Waals surface area (Å²) >= 11 is 0. The van der Waals surface area contributed by atoms with Gasteiger partial charge >= 0.3 is 5.97 Å². The first kappa shape index (κ1) is 20.7. The summed E-state index contributed by atoms with van der Waals surface area (Å²) in [6.07, 6.45) is 5.10. The van der Waals surface area contributed by atoms with Crippen LogP contribution in [-0.4, -0.2) is 55.1 Å². The van der Waals surface area contributed by atoms with Gasteiger partial charge in [-0.15, -0.1) is 0 Å². The second kappa shape index (κ2) is 7.46. The Morgan fingerprint density at radius 1 is 1.31 bits per heavy atom. The molecule has 0 radical (unpaired) electrons. The predicted molar refractivity (Wildman–Crippen MR) is 118 cm³/mol. The average molecular weight is 441 g/mol. The van der Waals surface area contributed by atoms with Crippen molar-refractivity contribution < 1.29 is 19.5 Å². The minimum absolute atomic E-state index is 0.0336. The molecule has 1 amide bonds. The number of nitrogens with zero attached hydrogens (tertiary/aromatic N) is 4. The number of carboxylic acids is 1. The number of anilines is 1. The van der Waals surface area contributed by atoms with Crippen LogP contribution < -0.4 is 10.6 Å². The van der Waals surface area contributed by atoms with Gasteiger partial charge in [-0.25, -0.2) is 9.67 Å². The molecule has 3 aliphatic rings. The third-order valence-electron chi connectivity index (χ3n) is 6.87. The monoisotopic (exact) mass is 440 g/mol. The lowest BCUT2D eigenvalue weighted by atomic mass is 9.72. The number of aryl methyl sites for hydroxylation is 2. The number of carbonyl (C=O) groups excluding carboxylic acids is 1. The van der Waals surface area contributed by atoms with E-state index < -0.39 is 5.97 Å². The van der Waals surface area contributed by atoms with Gasteiger partial charge in [-0.05, 0) is 26.7 Å². The molecule has 5 rings (SSSR count). The number of amides is 1. The van der Waals surface area contributed by atoms with E-state index in [1.807, 2.05) is 24.7 Å². The van der Waals surface area contributed by atoms with Crippen molar-refractivity contribution in [3.05, 3.63) is 17.5 Å². The maximum Gasteiger partial charge on any atom is 0.306 e. The third kappa shape index (κ3) is 3.37. The molecular formula is C22H28N6O4. The van der Waals surface area contributed by atoms with E-state index in [9.17, 15) is 14.7 Å². The van der Waals surface area contributed by atoms with Crippen LogP contribution in [0.25, 0.3) is 11.0 Å². The van der Waals surface area contributed by atoms with Gasteiger partial charge in [0.25, 0.3) is 0 Å². The van der Waals surface area contributed by atoms with E-state index in [4.69, 9.17) is 9.82 Å². The van der Waals surface area contributed by atoms with E-state index in [0.717, 1.165) is 46.5 Å². The van der Waals surface area contributed by atoms with Crippen molar-refractivity contribution in [1.29, 1.82) is 0 Å². The summed E-state index contributed by atoms with van der Waals surface area (Å²) in [5.74, 6) is -1.08. The number of pyridine rings is 1. The molecule has 0 saturated heterocycles. The highest BCUT2D eigenvalue weighted by atomic mass is 16.7. The third-order valence-corrected chi connectivity index (χ3v) is 6.87. The Morgan fingerprint density at radius 3 is 2.72 bits per heavy atom. The lowest BCUT2D eigenvalue weighted by Gasteiger charge is -2.42. The molecule has 1 spiro atoms. The second-order valence-corrected chi connectivity index (χ2v) is 9.29. The van der Waals surface area contributed by atoms with Gasteiger partial charge in [0.15, 0.2) is 5.65 Å². The van der Waals surface area contributed by atoms with Crippen molar-refractivity contribution in [2.75, 3.05) is 5.32 Å². The summed E-state index contributed by atoms with van der Waals surface area (Å²) in [5, 5.41) is 25.8. The minimum Gasteiger partial charge on any atom is -0.481 e. The zero-order valence-corrected chi connectivity index (χ0v) is 18.5. The average Bonchev–Trinajstić information content (AvgIpc) is 3.25. The molecule has 2 aromatic rings. The van der Waals surface area contributed by atoms with E-state index in [0.29, 0.717) is 25.8 Å². The first-order valence-corrected chi connectivity index (χ1v) is 11.2. The smallest absolute Gasteiger partial charge is 0.306 e. The molecule has 2 fully saturated rings. The standard InChI is InChI=1S/C22H28N6O4/c1-4-28-20-18(11(2)26-28)19(25-14-5-13(6-14)21(30)31)16(10-23-20)17-9-22(32-27-17)7-15(8-22)24-12(3)29/h10,13-15H,4-9H2,1-3H3,(H,23,25)(H,24,29)(H,30,31). The van der Waals surface area contributed by atoms with E-state index in [2.05, 4.69) is 20.9 Å². The highest BCUT2D eigenvalue weighted by molar-refractivity contribution is 6.11. The van der Waals surface area contributed by atoms with Crippen LogP contribution in [0.3, 0.4) is 0 Å². The number of aromatic nitrogens is 3. The fraction of sp³-hybridized carbons (Fsp3) is 0.591. The maximum atomic E-state index is 11.3. The van der Waals surface area contributed by atoms with Crippen molar-refractivity contribution in [1.82, 2.24) is 20.1 Å². The minimum atomic E-state index is -0.743. The largest absolute Gasteiger partial charge is 0.481 e. The number of oxime groups is 1. The highest BCUT2D eigenvalue weighted by Crippen LogP contribution is 2.45. The van der Waals surface area contributed by atoms with Crippen LogP contribution in [0.5, 0.6) is 0 Å². The number of nitrogens with one attached hydrogen (secondary N) is 2. The summed E-state index contributed by atoms with van der Waals surface area (Å²) in [7, 11) is 0. The zero-order chi connectivity index (χ0) is 22.6. The Morgan fingerprint density at radius 2 is 2.06 bits per heavy atom. The molecular weight excluding hydrogens is 412 g/mol. The van der Waals surface area contributed by atoms with Gasteiger partial charge in [0.2, 0.25) is 5.91 Å². The molecule has 0 bridgehead atoms. The number of rotatable bonds is 6. The molecule has 32 heavy (non-hydrogen) atoms. The van der Waals surface area contributed by atoms with Crippen LogP contribution in [0.15, 0.2) is 11.4 Å². The van der Waals surface area contributed by atoms with Gasteiger partial charge in [0.05, 0.1) is 28.4 Å². The predicted octanol–water partition coefficient (Wildman–Crippen LogP) is 2.20. The maximum absolute atomic E-state index is 11.3. The molecule has 2 saturated carbocycles. The first-order valence-electron chi connectivity index (χ1n) is 11.2. The summed E-state index contributed by atoms with van der Waals surface area (Å²) in [6.45, 7) is 6.22. The highest BCUT2D eigenvalue weighted by Gasteiger charge is 2.51. The summed E-state index contributed by atoms with van der Waals surface area (Å²) in [6, 6.07) is 0.197. The van der Waals surface area contributed by atoms with Crippen molar-refractivity contribution in [3.8, 4) is 0 Å². The summed E-state index contributed by atoms with van der Waals surface area (Å²) < 4.78 is 1.87. The molecule has 10 heteroatoms. The molecule has 10 nitrogen and oxygen atoms in total. The molecule has 3 heterocycles. The van der Waals surface area contributed by atoms with Crippen molar-refractivity contribution in [2.45, 2.75) is 77.1 Å². The van der Waals surface area contributed by atoms with Crippen molar-refractivity contribution in [3.63, 3.8) is 0 Å². The van der Waals surface area contributed by atoms with E-state index in [1.54, 1.807) is 0 Å². The van der Waals surface area contributed by atoms with Crippen molar-refractivity contribution >= 4 is 34.3 Å². The van der Waals surface area contributed by atoms with Gasteiger partial charge in [-0.2, -0.15) is 5.10 Å². The number of carboxylic acid groups (broad SMARTS) is 1. The quantitative estimate of drug-likeness (QED) is 0.627. The number of hydrogen-bond acceptors (Lipinski definition) is 7. The van der Waals surface area contributed by atoms with Gasteiger partial charge in [0.1, 0.15) is 5.60 Å². The lowest BCUT2D eigenvalue weighted by molar-refractivity contribution is -0.144. The lowest BCUT2D eigenvalue weighted by Crippen LogP contribution is -2.54. The van der Waals surface area contributed by atoms with Crippen LogP contribution in [0.2, 0.25) is 0 Å². The summed E-state index contributed by atoms with van der Waals surface area (Å²) in [4.78, 5) is 33.1. The molecule has 2 aliphatic carbocycles. The van der Waals surface area contributed by atoms with Crippen LogP contribution in [0.4, 0.5) is 5.69 Å². The topological polar surface area (TPSA) is 131 Å². The van der Waals surface area contributed by atoms with Gasteiger partial charge in [-0.1, -0.05) is 5.16 Å². The van der Waals surface area contributed by atoms with Crippen LogP contribution in [0, 0.1) is 12.8 Å². The SMILES string of the molecule is CCn1nc(C)c2c(NC3CC(C(=O)O)C3)c(C3=NOC4(C3)CC(NC(C)=O)C4)cnc21. The number of fused-ring (bicyclic) bond motifs is 1. The van der Waals surface area contributed by atoms with E-state index >= 15 is 0 Å². The van der Waals surface area contributed by atoms with Crippen LogP contribution in [-0.2, 0) is 21.0 Å². The molecule has 0 unspecified atom stereocenters. The van der Waals surface area contributed by atoms with Crippen LogP contribution >= 0.6 is 0 Å². The van der Waals surface area contributed by atoms with Gasteiger partial charge in [-0.3, -0.25) is 9.59 Å². The van der Waals surface area contributed by atoms with Gasteiger partial charge < -0.3 is 20.6 Å². The molecule has 3 N–H and O–H groups in total. The van der Waals surface area contributed by atoms with Crippen molar-refractivity contribution in [2.24, 2.45) is 11.1 Å². The molecule has 2 aromatic heterocycles. The number of aliphatic carboxylic acids is 1. The zero-order valence-electron chi connectivity index (χ0n) is 18.5. The molecule has 0 atom stereocenters. The Hall–Kier alpha value is -3.17. The number of carbonyl (C=O) groups is 2. The second-order valence-electron chi connectivity index (χ2n) is 9.29. The summed E-state index contributed by atoms with van der Waals surface area (Å²) in [5.41, 5.74) is 3.89. The Labute approximate surface area is 185 Å². The van der Waals surface area contributed by atoms with E-state index in [1.165, 1.54) is 6.92 Å². The van der Waals surface area contributed by atoms with E-state index in [-0.39, 0.29) is 29.5 Å². The molecule has 170 valence electrons.